The number of ether oxygens (including phenoxy) is 1. The predicted octanol–water partition coefficient (Wildman–Crippen LogP) is 3.06. The molecule has 1 amide bonds. The van der Waals surface area contributed by atoms with Crippen LogP contribution in [-0.4, -0.2) is 40.7 Å². The van der Waals surface area contributed by atoms with Crippen LogP contribution in [0.1, 0.15) is 24.3 Å². The second kappa shape index (κ2) is 6.37. The molecule has 3 rings (SSSR count). The molecule has 0 unspecified atom stereocenters. The molecule has 0 bridgehead atoms. The second-order valence-electron chi connectivity index (χ2n) is 6.18. The monoisotopic (exact) mass is 331 g/mol. The Kier molecular flexibility index (Phi) is 4.46. The number of benzene rings is 1. The van der Waals surface area contributed by atoms with Crippen LogP contribution < -0.4 is 4.90 Å². The number of amides is 1. The minimum Gasteiger partial charge on any atom is -0.383 e. The number of carbonyl (C=O) groups is 1. The molecule has 0 atom stereocenters. The van der Waals surface area contributed by atoms with Crippen molar-refractivity contribution >= 4 is 23.4 Å². The summed E-state index contributed by atoms with van der Waals surface area (Å²) in [5, 5.41) is 4.38. The van der Waals surface area contributed by atoms with E-state index in [4.69, 9.17) is 4.74 Å². The average molecular weight is 331 g/mol. The lowest BCUT2D eigenvalue weighted by Gasteiger charge is -2.38. The summed E-state index contributed by atoms with van der Waals surface area (Å²) in [6.07, 6.45) is 1.82. The molecule has 0 radical (unpaired) electrons. The van der Waals surface area contributed by atoms with Crippen LogP contribution in [0.3, 0.4) is 0 Å². The van der Waals surface area contributed by atoms with Crippen molar-refractivity contribution in [1.29, 1.82) is 0 Å². The standard InChI is InChI=1S/C17H21N3O2S/c1-17(2)12-20(14-6-4-5-7-15(14)23-17)16(21)13-8-9-19(18-13)10-11-22-3/h4-9H,10-12H2,1-3H3. The van der Waals surface area contributed by atoms with Crippen LogP contribution in [0.5, 0.6) is 0 Å². The fraction of sp³-hybridized carbons (Fsp3) is 0.412. The number of hydrogen-bond acceptors (Lipinski definition) is 4. The van der Waals surface area contributed by atoms with Gasteiger partial charge in [-0.3, -0.25) is 9.48 Å². The van der Waals surface area contributed by atoms with Gasteiger partial charge in [0, 0.05) is 29.5 Å². The van der Waals surface area contributed by atoms with Gasteiger partial charge in [0.2, 0.25) is 0 Å². The molecule has 1 aromatic heterocycles. The Morgan fingerprint density at radius 2 is 2.13 bits per heavy atom. The van der Waals surface area contributed by atoms with Gasteiger partial charge in [-0.2, -0.15) is 5.10 Å². The quantitative estimate of drug-likeness (QED) is 0.864. The maximum atomic E-state index is 12.9. The third-order valence-electron chi connectivity index (χ3n) is 3.71. The largest absolute Gasteiger partial charge is 0.383 e. The Hall–Kier alpha value is -1.79. The molecular formula is C17H21N3O2S. The Balaban J connectivity index is 1.88. The molecule has 0 aliphatic carbocycles. The van der Waals surface area contributed by atoms with Crippen LogP contribution in [0.25, 0.3) is 0 Å². The van der Waals surface area contributed by atoms with Crippen molar-refractivity contribution in [3.05, 3.63) is 42.2 Å². The fourth-order valence-electron chi connectivity index (χ4n) is 2.67. The molecule has 0 fully saturated rings. The van der Waals surface area contributed by atoms with Gasteiger partial charge in [-0.05, 0) is 32.0 Å². The van der Waals surface area contributed by atoms with Crippen molar-refractivity contribution < 1.29 is 9.53 Å². The molecule has 2 aromatic rings. The van der Waals surface area contributed by atoms with E-state index in [1.807, 2.05) is 41.1 Å². The lowest BCUT2D eigenvalue weighted by molar-refractivity contribution is 0.0977. The van der Waals surface area contributed by atoms with E-state index < -0.39 is 0 Å². The van der Waals surface area contributed by atoms with E-state index >= 15 is 0 Å². The maximum Gasteiger partial charge on any atom is 0.278 e. The lowest BCUT2D eigenvalue weighted by Crippen LogP contribution is -2.44. The summed E-state index contributed by atoms with van der Waals surface area (Å²) in [7, 11) is 1.65. The van der Waals surface area contributed by atoms with Gasteiger partial charge in [-0.15, -0.1) is 11.8 Å². The van der Waals surface area contributed by atoms with E-state index in [-0.39, 0.29) is 10.7 Å². The molecule has 1 aromatic carbocycles. The summed E-state index contributed by atoms with van der Waals surface area (Å²) < 4.78 is 6.76. The molecule has 0 saturated heterocycles. The molecule has 122 valence electrons. The topological polar surface area (TPSA) is 47.4 Å². The molecule has 0 saturated carbocycles. The predicted molar refractivity (Wildman–Crippen MR) is 92.2 cm³/mol. The summed E-state index contributed by atoms with van der Waals surface area (Å²) >= 11 is 1.81. The number of thioether (sulfide) groups is 1. The van der Waals surface area contributed by atoms with Gasteiger partial charge in [-0.1, -0.05) is 12.1 Å². The minimum atomic E-state index is -0.0537. The van der Waals surface area contributed by atoms with Crippen LogP contribution in [-0.2, 0) is 11.3 Å². The van der Waals surface area contributed by atoms with Gasteiger partial charge in [-0.25, -0.2) is 0 Å². The van der Waals surface area contributed by atoms with Crippen LogP contribution in [0, 0.1) is 0 Å². The molecule has 0 N–H and O–H groups in total. The molecule has 2 heterocycles. The first-order valence-corrected chi connectivity index (χ1v) is 8.44. The highest BCUT2D eigenvalue weighted by atomic mass is 32.2. The van der Waals surface area contributed by atoms with E-state index in [2.05, 4.69) is 25.0 Å². The molecule has 0 spiro atoms. The lowest BCUT2D eigenvalue weighted by atomic mass is 10.1. The van der Waals surface area contributed by atoms with Crippen molar-refractivity contribution in [3.8, 4) is 0 Å². The molecular weight excluding hydrogens is 310 g/mol. The van der Waals surface area contributed by atoms with E-state index in [1.165, 1.54) is 0 Å². The third-order valence-corrected chi connectivity index (χ3v) is 4.96. The summed E-state index contributed by atoms with van der Waals surface area (Å²) in [4.78, 5) is 15.9. The molecule has 5 nitrogen and oxygen atoms in total. The van der Waals surface area contributed by atoms with Crippen LogP contribution in [0.4, 0.5) is 5.69 Å². The Morgan fingerprint density at radius 1 is 1.35 bits per heavy atom. The molecule has 1 aliphatic rings. The van der Waals surface area contributed by atoms with Crippen molar-refractivity contribution in [1.82, 2.24) is 9.78 Å². The van der Waals surface area contributed by atoms with Gasteiger partial charge >= 0.3 is 0 Å². The maximum absolute atomic E-state index is 12.9. The number of fused-ring (bicyclic) bond motifs is 1. The summed E-state index contributed by atoms with van der Waals surface area (Å²) in [5.74, 6) is -0.0537. The van der Waals surface area contributed by atoms with Gasteiger partial charge < -0.3 is 9.64 Å². The first kappa shape index (κ1) is 16.1. The van der Waals surface area contributed by atoms with Gasteiger partial charge in [0.05, 0.1) is 18.8 Å². The number of para-hydroxylation sites is 1. The minimum absolute atomic E-state index is 0.0252. The normalized spacial score (nSPS) is 16.2. The van der Waals surface area contributed by atoms with Crippen molar-refractivity contribution in [3.63, 3.8) is 0 Å². The zero-order chi connectivity index (χ0) is 16.4. The molecule has 23 heavy (non-hydrogen) atoms. The highest BCUT2D eigenvalue weighted by Crippen LogP contribution is 2.44. The number of methoxy groups -OCH3 is 1. The smallest absolute Gasteiger partial charge is 0.278 e. The van der Waals surface area contributed by atoms with E-state index in [0.717, 1.165) is 10.6 Å². The average Bonchev–Trinajstić information content (AvgIpc) is 2.99. The third kappa shape index (κ3) is 3.43. The summed E-state index contributed by atoms with van der Waals surface area (Å²) in [6, 6.07) is 9.82. The zero-order valence-electron chi connectivity index (χ0n) is 13.7. The van der Waals surface area contributed by atoms with E-state index in [9.17, 15) is 4.79 Å². The van der Waals surface area contributed by atoms with Gasteiger partial charge in [0.1, 0.15) is 0 Å². The van der Waals surface area contributed by atoms with E-state index in [0.29, 0.717) is 25.4 Å². The van der Waals surface area contributed by atoms with E-state index in [1.54, 1.807) is 17.9 Å². The highest BCUT2D eigenvalue weighted by Gasteiger charge is 2.34. The number of rotatable bonds is 4. The van der Waals surface area contributed by atoms with Crippen LogP contribution >= 0.6 is 11.8 Å². The highest BCUT2D eigenvalue weighted by molar-refractivity contribution is 8.00. The zero-order valence-corrected chi connectivity index (χ0v) is 14.5. The van der Waals surface area contributed by atoms with Crippen LogP contribution in [0.2, 0.25) is 0 Å². The van der Waals surface area contributed by atoms with Gasteiger partial charge in [0.15, 0.2) is 5.69 Å². The number of aromatic nitrogens is 2. The first-order chi connectivity index (χ1) is 11.0. The second-order valence-corrected chi connectivity index (χ2v) is 7.93. The summed E-state index contributed by atoms with van der Waals surface area (Å²) in [5.41, 5.74) is 1.44. The fourth-order valence-corrected chi connectivity index (χ4v) is 3.89. The van der Waals surface area contributed by atoms with Gasteiger partial charge in [0.25, 0.3) is 5.91 Å². The number of hydrogen-bond donors (Lipinski definition) is 0. The summed E-state index contributed by atoms with van der Waals surface area (Å²) in [6.45, 7) is 6.20. The number of anilines is 1. The molecule has 6 heteroatoms. The number of carbonyl (C=O) groups excluding carboxylic acids is 1. The Labute approximate surface area is 140 Å². The van der Waals surface area contributed by atoms with Crippen LogP contribution in [0.15, 0.2) is 41.4 Å². The Morgan fingerprint density at radius 3 is 2.91 bits per heavy atom. The van der Waals surface area contributed by atoms with Crippen molar-refractivity contribution in [2.24, 2.45) is 0 Å². The SMILES string of the molecule is COCCn1ccc(C(=O)N2CC(C)(C)Sc3ccccc32)n1. The van der Waals surface area contributed by atoms with Crippen molar-refractivity contribution in [2.45, 2.75) is 30.0 Å². The Bertz CT molecular complexity index is 711. The number of nitrogens with zero attached hydrogens (tertiary/aromatic N) is 3. The molecule has 1 aliphatic heterocycles. The van der Waals surface area contributed by atoms with Crippen molar-refractivity contribution in [2.75, 3.05) is 25.2 Å². The first-order valence-electron chi connectivity index (χ1n) is 7.62.